The average Bonchev–Trinajstić information content (AvgIpc) is 2.03. The Kier molecular flexibility index (Phi) is 5.62. The fourth-order valence-corrected chi connectivity index (χ4v) is 1.10. The van der Waals surface area contributed by atoms with E-state index in [4.69, 9.17) is 5.73 Å². The number of hydrogen-bond donors (Lipinski definition) is 2. The van der Waals surface area contributed by atoms with E-state index in [0.717, 1.165) is 6.42 Å². The van der Waals surface area contributed by atoms with Crippen LogP contribution in [0.4, 0.5) is 8.78 Å². The van der Waals surface area contributed by atoms with E-state index in [1.807, 2.05) is 6.92 Å². The van der Waals surface area contributed by atoms with E-state index in [1.165, 1.54) is 13.2 Å². The standard InChI is InChI=1S/C8H16F2N2/c1-3-4-6(5-11)7(12-2)8(9)10/h5,7-8,12H,3-4,11H2,1-2H3/b6-5-. The Balaban J connectivity index is 4.24. The largest absolute Gasteiger partial charge is 0.405 e. The second-order valence-electron chi connectivity index (χ2n) is 2.59. The van der Waals surface area contributed by atoms with Crippen LogP contribution in [0.25, 0.3) is 0 Å². The minimum Gasteiger partial charge on any atom is -0.405 e. The van der Waals surface area contributed by atoms with Crippen LogP contribution >= 0.6 is 0 Å². The van der Waals surface area contributed by atoms with Crippen LogP contribution in [0.2, 0.25) is 0 Å². The second-order valence-corrected chi connectivity index (χ2v) is 2.59. The third kappa shape index (κ3) is 3.17. The molecule has 3 N–H and O–H groups in total. The third-order valence-corrected chi connectivity index (χ3v) is 1.72. The van der Waals surface area contributed by atoms with Crippen LogP contribution in [0.15, 0.2) is 11.8 Å². The van der Waals surface area contributed by atoms with Gasteiger partial charge in [0.1, 0.15) is 0 Å². The van der Waals surface area contributed by atoms with Gasteiger partial charge in [0, 0.05) is 0 Å². The van der Waals surface area contributed by atoms with Crippen LogP contribution in [-0.4, -0.2) is 19.5 Å². The molecule has 0 radical (unpaired) electrons. The molecule has 12 heavy (non-hydrogen) atoms. The molecule has 0 rings (SSSR count). The van der Waals surface area contributed by atoms with Crippen LogP contribution in [0.1, 0.15) is 19.8 Å². The molecular weight excluding hydrogens is 162 g/mol. The molecule has 1 unspecified atom stereocenters. The summed E-state index contributed by atoms with van der Waals surface area (Å²) >= 11 is 0. The second kappa shape index (κ2) is 5.94. The van der Waals surface area contributed by atoms with E-state index in [9.17, 15) is 8.78 Å². The summed E-state index contributed by atoms with van der Waals surface area (Å²) in [7, 11) is 1.51. The zero-order chi connectivity index (χ0) is 9.56. The number of alkyl halides is 2. The molecule has 1 atom stereocenters. The molecule has 4 heteroatoms. The van der Waals surface area contributed by atoms with E-state index in [1.54, 1.807) is 0 Å². The fraction of sp³-hybridized carbons (Fsp3) is 0.750. The molecule has 0 fully saturated rings. The van der Waals surface area contributed by atoms with Gasteiger partial charge in [-0.1, -0.05) is 13.3 Å². The number of rotatable bonds is 5. The lowest BCUT2D eigenvalue weighted by Gasteiger charge is -2.17. The molecule has 0 aromatic rings. The first-order valence-corrected chi connectivity index (χ1v) is 4.03. The lowest BCUT2D eigenvalue weighted by atomic mass is 10.0. The normalized spacial score (nSPS) is 15.2. The van der Waals surface area contributed by atoms with E-state index < -0.39 is 12.5 Å². The maximum absolute atomic E-state index is 12.3. The van der Waals surface area contributed by atoms with Crippen molar-refractivity contribution in [2.75, 3.05) is 7.05 Å². The van der Waals surface area contributed by atoms with Gasteiger partial charge < -0.3 is 11.1 Å². The molecule has 0 aromatic carbocycles. The van der Waals surface area contributed by atoms with Gasteiger partial charge in [0.15, 0.2) is 0 Å². The van der Waals surface area contributed by atoms with Gasteiger partial charge in [0.05, 0.1) is 6.04 Å². The Morgan fingerprint density at radius 2 is 2.17 bits per heavy atom. The van der Waals surface area contributed by atoms with Gasteiger partial charge in [-0.25, -0.2) is 8.78 Å². The summed E-state index contributed by atoms with van der Waals surface area (Å²) in [6.07, 6.45) is 0.327. The van der Waals surface area contributed by atoms with Crippen molar-refractivity contribution in [2.45, 2.75) is 32.2 Å². The van der Waals surface area contributed by atoms with Crippen LogP contribution in [0, 0.1) is 0 Å². The van der Waals surface area contributed by atoms with Crippen molar-refractivity contribution in [2.24, 2.45) is 5.73 Å². The molecule has 0 aromatic heterocycles. The summed E-state index contributed by atoms with van der Waals surface area (Å²) in [5, 5.41) is 2.54. The number of nitrogens with two attached hydrogens (primary N) is 1. The van der Waals surface area contributed by atoms with Crippen molar-refractivity contribution in [3.63, 3.8) is 0 Å². The maximum atomic E-state index is 12.3. The average molecular weight is 178 g/mol. The smallest absolute Gasteiger partial charge is 0.257 e. The Morgan fingerprint density at radius 3 is 2.42 bits per heavy atom. The molecule has 0 bridgehead atoms. The Labute approximate surface area is 71.8 Å². The third-order valence-electron chi connectivity index (χ3n) is 1.72. The molecule has 0 saturated heterocycles. The van der Waals surface area contributed by atoms with Gasteiger partial charge in [0.2, 0.25) is 0 Å². The van der Waals surface area contributed by atoms with E-state index in [-0.39, 0.29) is 0 Å². The highest BCUT2D eigenvalue weighted by molar-refractivity contribution is 5.10. The fourth-order valence-electron chi connectivity index (χ4n) is 1.10. The van der Waals surface area contributed by atoms with E-state index >= 15 is 0 Å². The highest BCUT2D eigenvalue weighted by atomic mass is 19.3. The van der Waals surface area contributed by atoms with Gasteiger partial charge in [-0.2, -0.15) is 0 Å². The van der Waals surface area contributed by atoms with Crippen molar-refractivity contribution in [1.82, 2.24) is 5.32 Å². The highest BCUT2D eigenvalue weighted by Crippen LogP contribution is 2.14. The first-order valence-electron chi connectivity index (χ1n) is 4.03. The lowest BCUT2D eigenvalue weighted by Crippen LogP contribution is -2.35. The maximum Gasteiger partial charge on any atom is 0.257 e. The molecule has 0 saturated carbocycles. The molecule has 72 valence electrons. The Morgan fingerprint density at radius 1 is 1.58 bits per heavy atom. The highest BCUT2D eigenvalue weighted by Gasteiger charge is 2.21. The van der Waals surface area contributed by atoms with Crippen molar-refractivity contribution in [3.8, 4) is 0 Å². The predicted molar refractivity (Wildman–Crippen MR) is 46.0 cm³/mol. The molecule has 0 spiro atoms. The van der Waals surface area contributed by atoms with Gasteiger partial charge in [-0.05, 0) is 25.2 Å². The minimum atomic E-state index is -2.39. The van der Waals surface area contributed by atoms with Crippen LogP contribution in [0.5, 0.6) is 0 Å². The SMILES string of the molecule is CCC/C(=C/N)C(NC)C(F)F. The molecular formula is C8H16F2N2. The summed E-state index contributed by atoms with van der Waals surface area (Å²) in [5.74, 6) is 0. The quantitative estimate of drug-likeness (QED) is 0.669. The Hall–Kier alpha value is -0.640. The minimum absolute atomic E-state index is 0.579. The van der Waals surface area contributed by atoms with E-state index in [2.05, 4.69) is 5.32 Å². The van der Waals surface area contributed by atoms with E-state index in [0.29, 0.717) is 12.0 Å². The van der Waals surface area contributed by atoms with Gasteiger partial charge in [0.25, 0.3) is 6.43 Å². The topological polar surface area (TPSA) is 38.0 Å². The summed E-state index contributed by atoms with van der Waals surface area (Å²) in [6.45, 7) is 1.93. The van der Waals surface area contributed by atoms with Crippen LogP contribution in [0.3, 0.4) is 0 Å². The van der Waals surface area contributed by atoms with Crippen molar-refractivity contribution in [1.29, 1.82) is 0 Å². The van der Waals surface area contributed by atoms with Gasteiger partial charge in [-0.15, -0.1) is 0 Å². The first kappa shape index (κ1) is 11.4. The zero-order valence-corrected chi connectivity index (χ0v) is 7.48. The molecule has 2 nitrogen and oxygen atoms in total. The zero-order valence-electron chi connectivity index (χ0n) is 7.48. The van der Waals surface area contributed by atoms with Gasteiger partial charge in [-0.3, -0.25) is 0 Å². The van der Waals surface area contributed by atoms with Crippen LogP contribution < -0.4 is 11.1 Å². The summed E-state index contributed by atoms with van der Waals surface area (Å²) in [5.41, 5.74) is 5.82. The Bertz CT molecular complexity index is 146. The summed E-state index contributed by atoms with van der Waals surface area (Å²) < 4.78 is 24.6. The monoisotopic (exact) mass is 178 g/mol. The molecule has 0 heterocycles. The van der Waals surface area contributed by atoms with Crippen LogP contribution in [-0.2, 0) is 0 Å². The number of likely N-dealkylation sites (N-methyl/N-ethyl adjacent to an activating group) is 1. The molecule has 0 amide bonds. The molecule has 0 aliphatic carbocycles. The molecule has 0 aliphatic heterocycles. The van der Waals surface area contributed by atoms with Crippen molar-refractivity contribution in [3.05, 3.63) is 11.8 Å². The summed E-state index contributed by atoms with van der Waals surface area (Å²) in [6, 6.07) is -0.894. The van der Waals surface area contributed by atoms with Crippen molar-refractivity contribution >= 4 is 0 Å². The number of halogens is 2. The van der Waals surface area contributed by atoms with Crippen molar-refractivity contribution < 1.29 is 8.78 Å². The summed E-state index contributed by atoms with van der Waals surface area (Å²) in [4.78, 5) is 0. The first-order chi connectivity index (χ1) is 5.67. The molecule has 0 aliphatic rings. The number of hydrogen-bond acceptors (Lipinski definition) is 2. The predicted octanol–water partition coefficient (Wildman–Crippen LogP) is 1.48. The van der Waals surface area contributed by atoms with Gasteiger partial charge >= 0.3 is 0 Å². The number of nitrogens with one attached hydrogen (secondary N) is 1. The lowest BCUT2D eigenvalue weighted by molar-refractivity contribution is 0.115.